The van der Waals surface area contributed by atoms with E-state index in [1.54, 1.807) is 32.0 Å². The Kier molecular flexibility index (Phi) is 3.13. The maximum absolute atomic E-state index is 9.28. The minimum Gasteiger partial charge on any atom is -0.437 e. The SMILES string of the molecule is [2H]C([2H])([2H])c1ccc2c(n1)oc1c(-c3cc(C([2H])([2H])C(C)(C)c4ccc(C)cc4)c(C([2H])([2H])[2H])cn3)cccc12. The third-order valence-electron chi connectivity index (χ3n) is 5.76. The molecule has 0 amide bonds. The van der Waals surface area contributed by atoms with Crippen molar-refractivity contribution in [3.8, 4) is 11.3 Å². The van der Waals surface area contributed by atoms with Crippen LogP contribution in [-0.4, -0.2) is 9.97 Å². The number of hydrogen-bond acceptors (Lipinski definition) is 3. The first kappa shape index (κ1) is 13.2. The molecule has 0 spiro atoms. The Bertz CT molecular complexity index is 1730. The highest BCUT2D eigenvalue weighted by Crippen LogP contribution is 2.36. The minimum atomic E-state index is -2.60. The lowest BCUT2D eigenvalue weighted by molar-refractivity contribution is 0.521. The second-order valence-corrected chi connectivity index (χ2v) is 8.56. The summed E-state index contributed by atoms with van der Waals surface area (Å²) in [6, 6.07) is 17.5. The van der Waals surface area contributed by atoms with Crippen molar-refractivity contribution in [1.29, 1.82) is 0 Å². The van der Waals surface area contributed by atoms with Gasteiger partial charge in [-0.2, -0.15) is 0 Å². The maximum Gasteiger partial charge on any atom is 0.227 e. The predicted molar refractivity (Wildman–Crippen MR) is 132 cm³/mol. The molecule has 0 aliphatic heterocycles. The number of fused-ring (bicyclic) bond motifs is 3. The highest BCUT2D eigenvalue weighted by atomic mass is 16.3. The first-order chi connectivity index (χ1) is 18.5. The van der Waals surface area contributed by atoms with Crippen molar-refractivity contribution >= 4 is 22.1 Å². The highest BCUT2D eigenvalue weighted by molar-refractivity contribution is 6.08. The summed E-state index contributed by atoms with van der Waals surface area (Å²) >= 11 is 0. The summed E-state index contributed by atoms with van der Waals surface area (Å²) in [7, 11) is 0. The van der Waals surface area contributed by atoms with Gasteiger partial charge in [0, 0.05) is 39.2 Å². The Morgan fingerprint density at radius 1 is 1.00 bits per heavy atom. The van der Waals surface area contributed by atoms with Crippen LogP contribution < -0.4 is 0 Å². The minimum absolute atomic E-state index is 0.0130. The smallest absolute Gasteiger partial charge is 0.227 e. The molecule has 2 aromatic carbocycles. The molecule has 3 nitrogen and oxygen atoms in total. The number of aryl methyl sites for hydroxylation is 3. The number of aromatic nitrogens is 2. The van der Waals surface area contributed by atoms with Gasteiger partial charge in [0.15, 0.2) is 0 Å². The quantitative estimate of drug-likeness (QED) is 0.298. The van der Waals surface area contributed by atoms with Crippen LogP contribution in [0.5, 0.6) is 0 Å². The van der Waals surface area contributed by atoms with E-state index in [0.717, 1.165) is 11.1 Å². The lowest BCUT2D eigenvalue weighted by Gasteiger charge is -2.26. The van der Waals surface area contributed by atoms with E-state index in [4.69, 9.17) is 12.6 Å². The van der Waals surface area contributed by atoms with Crippen molar-refractivity contribution in [2.75, 3.05) is 0 Å². The summed E-state index contributed by atoms with van der Waals surface area (Å²) in [4.78, 5) is 8.65. The van der Waals surface area contributed by atoms with Gasteiger partial charge in [0.25, 0.3) is 0 Å². The topological polar surface area (TPSA) is 38.9 Å². The number of benzene rings is 2. The summed E-state index contributed by atoms with van der Waals surface area (Å²) < 4.78 is 72.0. The third-order valence-corrected chi connectivity index (χ3v) is 5.76. The number of nitrogens with zero attached hydrogens (tertiary/aromatic N) is 2. The zero-order chi connectivity index (χ0) is 29.3. The van der Waals surface area contributed by atoms with E-state index >= 15 is 0 Å². The Labute approximate surface area is 200 Å². The number of hydrogen-bond donors (Lipinski definition) is 0. The number of pyridine rings is 2. The second kappa shape index (κ2) is 7.59. The molecule has 160 valence electrons. The summed E-state index contributed by atoms with van der Waals surface area (Å²) in [5, 5.41) is 1.31. The summed E-state index contributed by atoms with van der Waals surface area (Å²) in [5.74, 6) is 0. The van der Waals surface area contributed by atoms with Gasteiger partial charge >= 0.3 is 0 Å². The van der Waals surface area contributed by atoms with Crippen molar-refractivity contribution in [1.82, 2.24) is 9.97 Å². The molecule has 0 fully saturated rings. The van der Waals surface area contributed by atoms with E-state index in [2.05, 4.69) is 9.97 Å². The molecule has 3 heterocycles. The van der Waals surface area contributed by atoms with E-state index in [1.807, 2.05) is 37.3 Å². The molecule has 0 N–H and O–H groups in total. The molecule has 0 atom stereocenters. The average molecular weight is 429 g/mol. The number of para-hydroxylation sites is 1. The van der Waals surface area contributed by atoms with Crippen molar-refractivity contribution in [3.63, 3.8) is 0 Å². The average Bonchev–Trinajstić information content (AvgIpc) is 3.25. The van der Waals surface area contributed by atoms with Gasteiger partial charge < -0.3 is 4.42 Å². The van der Waals surface area contributed by atoms with Crippen LogP contribution in [0.1, 0.15) is 52.8 Å². The molecular weight excluding hydrogens is 392 g/mol. The fraction of sp³-hybridized carbons (Fsp3) is 0.241. The van der Waals surface area contributed by atoms with Crippen LogP contribution >= 0.6 is 0 Å². The van der Waals surface area contributed by atoms with Gasteiger partial charge in [0.2, 0.25) is 5.71 Å². The van der Waals surface area contributed by atoms with E-state index < -0.39 is 25.5 Å². The monoisotopic (exact) mass is 428 g/mol. The molecule has 0 aliphatic rings. The molecule has 3 aromatic heterocycles. The van der Waals surface area contributed by atoms with Crippen LogP contribution in [0.3, 0.4) is 0 Å². The predicted octanol–water partition coefficient (Wildman–Crippen LogP) is 7.49. The van der Waals surface area contributed by atoms with Crippen LogP contribution in [0.2, 0.25) is 0 Å². The first-order valence-electron chi connectivity index (χ1n) is 14.4. The normalized spacial score (nSPS) is 17.0. The van der Waals surface area contributed by atoms with Crippen molar-refractivity contribution in [2.24, 2.45) is 0 Å². The maximum atomic E-state index is 9.28. The molecule has 0 saturated heterocycles. The number of furan rings is 1. The van der Waals surface area contributed by atoms with Gasteiger partial charge in [0.05, 0.1) is 5.69 Å². The van der Waals surface area contributed by atoms with Crippen LogP contribution in [0.15, 0.2) is 71.3 Å². The highest BCUT2D eigenvalue weighted by Gasteiger charge is 2.23. The van der Waals surface area contributed by atoms with E-state index in [0.29, 0.717) is 27.6 Å². The van der Waals surface area contributed by atoms with Gasteiger partial charge in [-0.3, -0.25) is 4.98 Å². The molecule has 5 rings (SSSR count). The van der Waals surface area contributed by atoms with Crippen LogP contribution in [-0.2, 0) is 11.8 Å². The first-order valence-corrected chi connectivity index (χ1v) is 10.4. The van der Waals surface area contributed by atoms with Crippen molar-refractivity contribution in [2.45, 2.75) is 46.3 Å². The third kappa shape index (κ3) is 3.58. The second-order valence-electron chi connectivity index (χ2n) is 8.56. The van der Waals surface area contributed by atoms with Crippen molar-refractivity contribution < 1.29 is 15.4 Å². The Balaban J connectivity index is 1.72. The van der Waals surface area contributed by atoms with E-state index in [1.165, 1.54) is 18.3 Å². The molecule has 0 radical (unpaired) electrons. The molecule has 0 unspecified atom stereocenters. The van der Waals surface area contributed by atoms with Gasteiger partial charge in [-0.05, 0) is 73.4 Å². The zero-order valence-electron chi connectivity index (χ0n) is 26.2. The lowest BCUT2D eigenvalue weighted by Crippen LogP contribution is -2.21. The molecule has 0 saturated carbocycles. The molecular formula is C29H28N2O. The Morgan fingerprint density at radius 3 is 2.62 bits per heavy atom. The van der Waals surface area contributed by atoms with Gasteiger partial charge in [-0.25, -0.2) is 4.98 Å². The van der Waals surface area contributed by atoms with Gasteiger partial charge in [0.1, 0.15) is 5.58 Å². The summed E-state index contributed by atoms with van der Waals surface area (Å²) in [6.07, 6.45) is -0.894. The van der Waals surface area contributed by atoms with Crippen LogP contribution in [0, 0.1) is 20.6 Å². The van der Waals surface area contributed by atoms with Gasteiger partial charge in [-0.1, -0.05) is 55.8 Å². The summed E-state index contributed by atoms with van der Waals surface area (Å²) in [5.41, 5.74) is 1.82. The fourth-order valence-electron chi connectivity index (χ4n) is 3.97. The van der Waals surface area contributed by atoms with Gasteiger partial charge in [-0.15, -0.1) is 0 Å². The molecule has 0 bridgehead atoms. The van der Waals surface area contributed by atoms with Crippen molar-refractivity contribution in [3.05, 3.63) is 94.8 Å². The standard InChI is InChI=1S/C29H28N2O/c1-18-9-12-22(13-10-18)29(4,5)16-21-15-26(30-17-19(21)2)25-8-6-7-23-24-14-11-20(3)31-28(24)32-27(23)25/h6-15,17H,16H2,1-5H3/i2D3,3D3,16D2. The largest absolute Gasteiger partial charge is 0.437 e. The zero-order valence-corrected chi connectivity index (χ0v) is 18.2. The molecule has 5 aromatic rings. The Morgan fingerprint density at radius 2 is 1.84 bits per heavy atom. The van der Waals surface area contributed by atoms with Crippen LogP contribution in [0.25, 0.3) is 33.3 Å². The van der Waals surface area contributed by atoms with E-state index in [9.17, 15) is 2.74 Å². The Hall–Kier alpha value is -3.46. The van der Waals surface area contributed by atoms with E-state index in [-0.39, 0.29) is 22.5 Å². The number of rotatable bonds is 4. The van der Waals surface area contributed by atoms with Crippen LogP contribution in [0.4, 0.5) is 0 Å². The lowest BCUT2D eigenvalue weighted by atomic mass is 9.78. The molecule has 32 heavy (non-hydrogen) atoms. The molecule has 3 heteroatoms. The molecule has 0 aliphatic carbocycles. The fourth-order valence-corrected chi connectivity index (χ4v) is 3.97. The summed E-state index contributed by atoms with van der Waals surface area (Å²) in [6.45, 7) is 0.474.